The Kier molecular flexibility index (Phi) is 7.36. The summed E-state index contributed by atoms with van der Waals surface area (Å²) >= 11 is 3.50. The third kappa shape index (κ3) is 7.27. The van der Waals surface area contributed by atoms with E-state index in [1.54, 1.807) is 0 Å². The van der Waals surface area contributed by atoms with E-state index in [0.717, 1.165) is 10.9 Å². The lowest BCUT2D eigenvalue weighted by Crippen LogP contribution is -2.43. The van der Waals surface area contributed by atoms with E-state index in [0.29, 0.717) is 6.54 Å². The molecule has 0 fully saturated rings. The molecular formula is C17H27BrN2O2. The number of benzene rings is 1. The molecule has 0 aliphatic heterocycles. The summed E-state index contributed by atoms with van der Waals surface area (Å²) in [6, 6.07) is 8.54. The van der Waals surface area contributed by atoms with Gasteiger partial charge in [0, 0.05) is 23.1 Å². The Morgan fingerprint density at radius 2 is 2.05 bits per heavy atom. The van der Waals surface area contributed by atoms with Crippen molar-refractivity contribution in [3.05, 3.63) is 34.3 Å². The number of halogens is 1. The first-order valence-electron chi connectivity index (χ1n) is 7.69. The molecule has 1 rings (SSSR count). The average molecular weight is 371 g/mol. The van der Waals surface area contributed by atoms with Crippen LogP contribution in [0.4, 0.5) is 4.79 Å². The van der Waals surface area contributed by atoms with Gasteiger partial charge in [-0.15, -0.1) is 0 Å². The van der Waals surface area contributed by atoms with Crippen molar-refractivity contribution < 1.29 is 9.53 Å². The lowest BCUT2D eigenvalue weighted by atomic mass is 10.0. The van der Waals surface area contributed by atoms with Gasteiger partial charge in [0.05, 0.1) is 0 Å². The molecule has 0 saturated carbocycles. The van der Waals surface area contributed by atoms with Crippen LogP contribution >= 0.6 is 15.9 Å². The summed E-state index contributed by atoms with van der Waals surface area (Å²) < 4.78 is 6.33. The van der Waals surface area contributed by atoms with E-state index in [4.69, 9.17) is 4.74 Å². The zero-order valence-electron chi connectivity index (χ0n) is 14.1. The molecule has 0 aromatic heterocycles. The molecule has 22 heavy (non-hydrogen) atoms. The smallest absolute Gasteiger partial charge is 0.407 e. The van der Waals surface area contributed by atoms with Gasteiger partial charge in [-0.1, -0.05) is 35.0 Å². The second kappa shape index (κ2) is 8.53. The lowest BCUT2D eigenvalue weighted by Gasteiger charge is -2.24. The van der Waals surface area contributed by atoms with Gasteiger partial charge in [0.2, 0.25) is 0 Å². The number of alkyl carbamates (subject to hydrolysis) is 1. The van der Waals surface area contributed by atoms with Crippen LogP contribution in [0.2, 0.25) is 0 Å². The SMILES string of the molecule is CCC(NCC(C)NC(=O)OC(C)(C)C)c1cccc(Br)c1. The van der Waals surface area contributed by atoms with Crippen LogP contribution in [0.1, 0.15) is 52.6 Å². The number of nitrogens with one attached hydrogen (secondary N) is 2. The normalized spacial score (nSPS) is 14.3. The molecule has 0 aliphatic carbocycles. The van der Waals surface area contributed by atoms with Crippen LogP contribution in [0.5, 0.6) is 0 Å². The molecule has 5 heteroatoms. The number of carbonyl (C=O) groups excluding carboxylic acids is 1. The van der Waals surface area contributed by atoms with Crippen LogP contribution < -0.4 is 10.6 Å². The molecule has 0 spiro atoms. The molecule has 4 nitrogen and oxygen atoms in total. The van der Waals surface area contributed by atoms with Crippen LogP contribution in [0.3, 0.4) is 0 Å². The Balaban J connectivity index is 2.48. The fourth-order valence-electron chi connectivity index (χ4n) is 2.10. The first kappa shape index (κ1) is 19.0. The van der Waals surface area contributed by atoms with Crippen LogP contribution in [0.15, 0.2) is 28.7 Å². The van der Waals surface area contributed by atoms with E-state index in [2.05, 4.69) is 45.6 Å². The zero-order valence-corrected chi connectivity index (χ0v) is 15.7. The summed E-state index contributed by atoms with van der Waals surface area (Å²) in [6.07, 6.45) is 0.604. The molecule has 0 heterocycles. The van der Waals surface area contributed by atoms with Gasteiger partial charge in [-0.25, -0.2) is 4.79 Å². The van der Waals surface area contributed by atoms with Gasteiger partial charge < -0.3 is 15.4 Å². The molecule has 0 bridgehead atoms. The second-order valence-electron chi connectivity index (χ2n) is 6.47. The van der Waals surface area contributed by atoms with Crippen LogP contribution in [0, 0.1) is 0 Å². The Labute approximate surface area is 142 Å². The van der Waals surface area contributed by atoms with Crippen LogP contribution in [-0.4, -0.2) is 24.3 Å². The Hall–Kier alpha value is -1.07. The fourth-order valence-corrected chi connectivity index (χ4v) is 2.52. The maximum absolute atomic E-state index is 11.7. The van der Waals surface area contributed by atoms with Gasteiger partial charge >= 0.3 is 6.09 Å². The van der Waals surface area contributed by atoms with Crippen molar-refractivity contribution in [3.63, 3.8) is 0 Å². The van der Waals surface area contributed by atoms with E-state index in [1.165, 1.54) is 5.56 Å². The summed E-state index contributed by atoms with van der Waals surface area (Å²) in [5, 5.41) is 6.34. The molecule has 0 radical (unpaired) electrons. The maximum Gasteiger partial charge on any atom is 0.407 e. The monoisotopic (exact) mass is 370 g/mol. The van der Waals surface area contributed by atoms with Crippen molar-refractivity contribution in [3.8, 4) is 0 Å². The molecule has 1 aromatic carbocycles. The largest absolute Gasteiger partial charge is 0.444 e. The highest BCUT2D eigenvalue weighted by Crippen LogP contribution is 2.20. The van der Waals surface area contributed by atoms with Crippen molar-refractivity contribution in [2.45, 2.75) is 58.7 Å². The van der Waals surface area contributed by atoms with E-state index in [9.17, 15) is 4.79 Å². The summed E-state index contributed by atoms with van der Waals surface area (Å²) in [6.45, 7) is 10.4. The van der Waals surface area contributed by atoms with Gasteiger partial charge in [0.25, 0.3) is 0 Å². The number of carbonyl (C=O) groups is 1. The predicted octanol–water partition coefficient (Wildman–Crippen LogP) is 4.40. The molecule has 1 aromatic rings. The van der Waals surface area contributed by atoms with E-state index in [-0.39, 0.29) is 18.2 Å². The van der Waals surface area contributed by atoms with E-state index < -0.39 is 5.60 Å². The third-order valence-electron chi connectivity index (χ3n) is 3.09. The molecule has 0 saturated heterocycles. The van der Waals surface area contributed by atoms with Gasteiger partial charge in [-0.05, 0) is 51.8 Å². The summed E-state index contributed by atoms with van der Waals surface area (Å²) in [5.74, 6) is 0. The number of amides is 1. The van der Waals surface area contributed by atoms with Gasteiger partial charge in [0.1, 0.15) is 5.60 Å². The lowest BCUT2D eigenvalue weighted by molar-refractivity contribution is 0.0507. The quantitative estimate of drug-likeness (QED) is 0.779. The fraction of sp³-hybridized carbons (Fsp3) is 0.588. The summed E-state index contributed by atoms with van der Waals surface area (Å²) in [5.41, 5.74) is 0.765. The minimum absolute atomic E-state index is 0.00365. The minimum atomic E-state index is -0.473. The van der Waals surface area contributed by atoms with E-state index in [1.807, 2.05) is 39.8 Å². The first-order chi connectivity index (χ1) is 10.2. The van der Waals surface area contributed by atoms with Crippen molar-refractivity contribution in [1.82, 2.24) is 10.6 Å². The molecule has 124 valence electrons. The topological polar surface area (TPSA) is 50.4 Å². The summed E-state index contributed by atoms with van der Waals surface area (Å²) in [4.78, 5) is 11.7. The van der Waals surface area contributed by atoms with E-state index >= 15 is 0 Å². The second-order valence-corrected chi connectivity index (χ2v) is 7.39. The first-order valence-corrected chi connectivity index (χ1v) is 8.49. The molecular weight excluding hydrogens is 344 g/mol. The Morgan fingerprint density at radius 3 is 2.59 bits per heavy atom. The highest BCUT2D eigenvalue weighted by Gasteiger charge is 2.18. The van der Waals surface area contributed by atoms with Crippen molar-refractivity contribution >= 4 is 22.0 Å². The Bertz CT molecular complexity index is 486. The molecule has 2 N–H and O–H groups in total. The zero-order chi connectivity index (χ0) is 16.8. The van der Waals surface area contributed by atoms with Crippen LogP contribution in [0.25, 0.3) is 0 Å². The number of rotatable bonds is 6. The van der Waals surface area contributed by atoms with Gasteiger partial charge in [-0.2, -0.15) is 0 Å². The number of hydrogen-bond donors (Lipinski definition) is 2. The molecule has 2 unspecified atom stereocenters. The average Bonchev–Trinajstić information content (AvgIpc) is 2.37. The number of hydrogen-bond acceptors (Lipinski definition) is 3. The highest BCUT2D eigenvalue weighted by molar-refractivity contribution is 9.10. The highest BCUT2D eigenvalue weighted by atomic mass is 79.9. The predicted molar refractivity (Wildman–Crippen MR) is 94.0 cm³/mol. The third-order valence-corrected chi connectivity index (χ3v) is 3.59. The van der Waals surface area contributed by atoms with Crippen LogP contribution in [-0.2, 0) is 4.74 Å². The minimum Gasteiger partial charge on any atom is -0.444 e. The standard InChI is InChI=1S/C17H27BrN2O2/c1-6-15(13-8-7-9-14(18)10-13)19-11-12(2)20-16(21)22-17(3,4)5/h7-10,12,15,19H,6,11H2,1-5H3,(H,20,21). The van der Waals surface area contributed by atoms with Crippen molar-refractivity contribution in [2.75, 3.05) is 6.54 Å². The molecule has 0 aliphatic rings. The van der Waals surface area contributed by atoms with Crippen molar-refractivity contribution in [1.29, 1.82) is 0 Å². The number of ether oxygens (including phenoxy) is 1. The molecule has 1 amide bonds. The van der Waals surface area contributed by atoms with Gasteiger partial charge in [-0.3, -0.25) is 0 Å². The maximum atomic E-state index is 11.7. The van der Waals surface area contributed by atoms with Gasteiger partial charge in [0.15, 0.2) is 0 Å². The van der Waals surface area contributed by atoms with Crippen molar-refractivity contribution in [2.24, 2.45) is 0 Å². The molecule has 2 atom stereocenters. The Morgan fingerprint density at radius 1 is 1.36 bits per heavy atom. The summed E-state index contributed by atoms with van der Waals surface area (Å²) in [7, 11) is 0.